The van der Waals surface area contributed by atoms with Gasteiger partial charge in [-0.1, -0.05) is 12.2 Å². The molecule has 10 heavy (non-hydrogen) atoms. The van der Waals surface area contributed by atoms with Gasteiger partial charge in [0, 0.05) is 0 Å². The predicted molar refractivity (Wildman–Crippen MR) is 39.8 cm³/mol. The largest absolute Gasteiger partial charge is 0.451 e. The maximum atomic E-state index is 5.20. The standard InChI is InChI=1S/C8H9NO/c1-3-7-4-2-6-10-8(7)9-5-1/h1-3,6-7H,4-5H2. The molecule has 2 nitrogen and oxygen atoms in total. The molecule has 1 atom stereocenters. The van der Waals surface area contributed by atoms with E-state index in [2.05, 4.69) is 17.1 Å². The average molecular weight is 135 g/mol. The van der Waals surface area contributed by atoms with Gasteiger partial charge in [0.15, 0.2) is 5.90 Å². The van der Waals surface area contributed by atoms with Gasteiger partial charge >= 0.3 is 0 Å². The van der Waals surface area contributed by atoms with Crippen molar-refractivity contribution in [3.63, 3.8) is 0 Å². The Kier molecular flexibility index (Phi) is 1.31. The first-order valence-electron chi connectivity index (χ1n) is 3.49. The van der Waals surface area contributed by atoms with Crippen LogP contribution in [-0.2, 0) is 4.74 Å². The molecule has 0 aromatic heterocycles. The summed E-state index contributed by atoms with van der Waals surface area (Å²) in [7, 11) is 0. The molecule has 0 bridgehead atoms. The number of nitrogens with zero attached hydrogens (tertiary/aromatic N) is 1. The van der Waals surface area contributed by atoms with Gasteiger partial charge in [0.2, 0.25) is 0 Å². The normalized spacial score (nSPS) is 28.8. The van der Waals surface area contributed by atoms with Gasteiger partial charge in [-0.3, -0.25) is 4.99 Å². The lowest BCUT2D eigenvalue weighted by molar-refractivity contribution is 0.414. The summed E-state index contributed by atoms with van der Waals surface area (Å²) in [5.41, 5.74) is 0. The van der Waals surface area contributed by atoms with Gasteiger partial charge in [0.05, 0.1) is 18.7 Å². The molecule has 0 fully saturated rings. The Labute approximate surface area is 59.9 Å². The van der Waals surface area contributed by atoms with E-state index in [1.807, 2.05) is 6.08 Å². The van der Waals surface area contributed by atoms with Crippen LogP contribution < -0.4 is 0 Å². The third kappa shape index (κ3) is 0.856. The predicted octanol–water partition coefficient (Wildman–Crippen LogP) is 1.50. The first-order chi connectivity index (χ1) is 4.97. The van der Waals surface area contributed by atoms with Crippen LogP contribution in [0.25, 0.3) is 0 Å². The molecule has 0 aliphatic carbocycles. The molecule has 2 heterocycles. The average Bonchev–Trinajstić information content (AvgIpc) is 2.05. The smallest absolute Gasteiger partial charge is 0.196 e. The number of allylic oxidation sites excluding steroid dienone is 1. The summed E-state index contributed by atoms with van der Waals surface area (Å²) in [6, 6.07) is 0. The molecule has 0 saturated heterocycles. The van der Waals surface area contributed by atoms with Crippen molar-refractivity contribution in [1.82, 2.24) is 0 Å². The third-order valence-corrected chi connectivity index (χ3v) is 1.71. The van der Waals surface area contributed by atoms with E-state index in [4.69, 9.17) is 4.74 Å². The zero-order chi connectivity index (χ0) is 6.81. The van der Waals surface area contributed by atoms with Crippen LogP contribution in [0.2, 0.25) is 0 Å². The highest BCUT2D eigenvalue weighted by Gasteiger charge is 2.17. The summed E-state index contributed by atoms with van der Waals surface area (Å²) < 4.78 is 5.20. The highest BCUT2D eigenvalue weighted by molar-refractivity contribution is 5.82. The van der Waals surface area contributed by atoms with E-state index >= 15 is 0 Å². The van der Waals surface area contributed by atoms with E-state index in [9.17, 15) is 0 Å². The second kappa shape index (κ2) is 2.29. The number of rotatable bonds is 0. The first kappa shape index (κ1) is 5.71. The molecule has 0 aromatic rings. The van der Waals surface area contributed by atoms with Crippen LogP contribution in [0.1, 0.15) is 6.42 Å². The van der Waals surface area contributed by atoms with E-state index < -0.39 is 0 Å². The zero-order valence-electron chi connectivity index (χ0n) is 5.66. The summed E-state index contributed by atoms with van der Waals surface area (Å²) in [5, 5.41) is 0. The topological polar surface area (TPSA) is 21.6 Å². The van der Waals surface area contributed by atoms with Gasteiger partial charge in [-0.25, -0.2) is 0 Å². The summed E-state index contributed by atoms with van der Waals surface area (Å²) >= 11 is 0. The Hall–Kier alpha value is -1.05. The molecule has 0 spiro atoms. The lowest BCUT2D eigenvalue weighted by Crippen LogP contribution is -2.19. The maximum Gasteiger partial charge on any atom is 0.196 e. The maximum absolute atomic E-state index is 5.20. The number of dihydropyridines is 1. The molecule has 0 N–H and O–H groups in total. The number of hydrogen-bond donors (Lipinski definition) is 0. The number of ether oxygens (including phenoxy) is 1. The van der Waals surface area contributed by atoms with E-state index in [1.165, 1.54) is 0 Å². The highest BCUT2D eigenvalue weighted by Crippen LogP contribution is 2.17. The van der Waals surface area contributed by atoms with Crippen LogP contribution in [0.15, 0.2) is 29.5 Å². The minimum absolute atomic E-state index is 0.416. The molecule has 0 aromatic carbocycles. The third-order valence-electron chi connectivity index (χ3n) is 1.71. The van der Waals surface area contributed by atoms with Crippen LogP contribution in [0.4, 0.5) is 0 Å². The number of aliphatic imine (C=N–C) groups is 1. The lowest BCUT2D eigenvalue weighted by atomic mass is 10.0. The van der Waals surface area contributed by atoms with Crippen molar-refractivity contribution in [2.45, 2.75) is 6.42 Å². The van der Waals surface area contributed by atoms with Crippen LogP contribution in [0.5, 0.6) is 0 Å². The Morgan fingerprint density at radius 2 is 2.50 bits per heavy atom. The van der Waals surface area contributed by atoms with Crippen LogP contribution in [-0.4, -0.2) is 12.4 Å². The van der Waals surface area contributed by atoms with Crippen LogP contribution in [0, 0.1) is 5.92 Å². The van der Waals surface area contributed by atoms with Gasteiger partial charge in [-0.15, -0.1) is 0 Å². The molecule has 0 saturated carbocycles. The molecule has 2 aliphatic rings. The quantitative estimate of drug-likeness (QED) is 0.461. The van der Waals surface area contributed by atoms with E-state index in [-0.39, 0.29) is 0 Å². The Balaban J connectivity index is 2.23. The fraction of sp³-hybridized carbons (Fsp3) is 0.375. The SMILES string of the molecule is C1=CC2CC=COC2=NC1. The van der Waals surface area contributed by atoms with Gasteiger partial charge < -0.3 is 4.74 Å². The van der Waals surface area contributed by atoms with Crippen molar-refractivity contribution < 1.29 is 4.74 Å². The number of hydrogen-bond acceptors (Lipinski definition) is 2. The Morgan fingerprint density at radius 3 is 3.40 bits per heavy atom. The number of fused-ring (bicyclic) bond motifs is 1. The minimum Gasteiger partial charge on any atom is -0.451 e. The summed E-state index contributed by atoms with van der Waals surface area (Å²) in [5.74, 6) is 1.30. The van der Waals surface area contributed by atoms with Crippen molar-refractivity contribution in [1.29, 1.82) is 0 Å². The van der Waals surface area contributed by atoms with E-state index in [1.54, 1.807) is 6.26 Å². The molecule has 0 radical (unpaired) electrons. The minimum atomic E-state index is 0.416. The summed E-state index contributed by atoms with van der Waals surface area (Å²) in [4.78, 5) is 4.21. The van der Waals surface area contributed by atoms with E-state index in [0.29, 0.717) is 5.92 Å². The molecule has 2 rings (SSSR count). The fourth-order valence-electron chi connectivity index (χ4n) is 1.19. The van der Waals surface area contributed by atoms with Crippen LogP contribution >= 0.6 is 0 Å². The van der Waals surface area contributed by atoms with Crippen molar-refractivity contribution in [2.24, 2.45) is 10.9 Å². The van der Waals surface area contributed by atoms with Crippen LogP contribution in [0.3, 0.4) is 0 Å². The first-order valence-corrected chi connectivity index (χ1v) is 3.49. The van der Waals surface area contributed by atoms with Gasteiger partial charge in [0.25, 0.3) is 0 Å². The zero-order valence-corrected chi connectivity index (χ0v) is 5.66. The molecule has 0 amide bonds. The molecule has 2 aliphatic heterocycles. The van der Waals surface area contributed by atoms with Crippen molar-refractivity contribution in [3.05, 3.63) is 24.5 Å². The lowest BCUT2D eigenvalue weighted by Gasteiger charge is -2.19. The molecule has 2 heteroatoms. The fourth-order valence-corrected chi connectivity index (χ4v) is 1.19. The molecule has 52 valence electrons. The summed E-state index contributed by atoms with van der Waals surface area (Å²) in [6.45, 7) is 0.777. The molecular weight excluding hydrogens is 126 g/mol. The van der Waals surface area contributed by atoms with Crippen molar-refractivity contribution in [2.75, 3.05) is 6.54 Å². The second-order valence-corrected chi connectivity index (χ2v) is 2.44. The Bertz CT molecular complexity index is 215. The Morgan fingerprint density at radius 1 is 1.50 bits per heavy atom. The van der Waals surface area contributed by atoms with E-state index in [0.717, 1.165) is 18.9 Å². The van der Waals surface area contributed by atoms with Gasteiger partial charge in [-0.2, -0.15) is 0 Å². The molecule has 1 unspecified atom stereocenters. The van der Waals surface area contributed by atoms with Crippen molar-refractivity contribution >= 4 is 5.90 Å². The second-order valence-electron chi connectivity index (χ2n) is 2.44. The van der Waals surface area contributed by atoms with Gasteiger partial charge in [0.1, 0.15) is 0 Å². The van der Waals surface area contributed by atoms with Gasteiger partial charge in [-0.05, 0) is 12.5 Å². The summed E-state index contributed by atoms with van der Waals surface area (Å²) in [6.07, 6.45) is 9.02. The monoisotopic (exact) mass is 135 g/mol. The molecular formula is C8H9NO. The highest BCUT2D eigenvalue weighted by atomic mass is 16.5. The van der Waals surface area contributed by atoms with Crippen molar-refractivity contribution in [3.8, 4) is 0 Å².